The molecule has 2 unspecified atom stereocenters. The number of unbranched alkanes of at least 4 members (excludes halogenated alkanes) is 54. The maximum atomic E-state index is 12.8. The summed E-state index contributed by atoms with van der Waals surface area (Å²) >= 11 is 0. The van der Waals surface area contributed by atoms with E-state index in [1.165, 1.54) is 315 Å². The summed E-state index contributed by atoms with van der Waals surface area (Å²) < 4.78 is 33.3. The molecule has 0 aliphatic rings. The van der Waals surface area contributed by atoms with E-state index >= 15 is 0 Å². The number of allylic oxidation sites excluding steroid dienone is 14. The van der Waals surface area contributed by atoms with Crippen molar-refractivity contribution in [2.45, 2.75) is 437 Å². The summed E-state index contributed by atoms with van der Waals surface area (Å²) in [4.78, 5) is 35.5. The first kappa shape index (κ1) is 95.2. The topological polar surface area (TPSA) is 134 Å². The Labute approximate surface area is 608 Å². The Morgan fingerprint density at radius 2 is 0.561 bits per heavy atom. The molecule has 0 heterocycles. The van der Waals surface area contributed by atoms with Crippen LogP contribution in [0, 0.1) is 0 Å². The Balaban J connectivity index is 3.75. The number of phosphoric acid groups is 1. The average molecular weight is 1390 g/mol. The van der Waals surface area contributed by atoms with Crippen LogP contribution in [-0.4, -0.2) is 49.3 Å². The van der Waals surface area contributed by atoms with E-state index in [4.69, 9.17) is 24.3 Å². The largest absolute Gasteiger partial charge is 0.472 e. The van der Waals surface area contributed by atoms with Gasteiger partial charge in [-0.1, -0.05) is 433 Å². The second-order valence-corrected chi connectivity index (χ2v) is 30.1. The summed E-state index contributed by atoms with van der Waals surface area (Å²) in [7, 11) is -4.40. The van der Waals surface area contributed by atoms with E-state index in [2.05, 4.69) is 98.9 Å². The predicted molar refractivity (Wildman–Crippen MR) is 427 cm³/mol. The number of carbonyl (C=O) groups is 2. The molecule has 0 aliphatic carbocycles. The summed E-state index contributed by atoms with van der Waals surface area (Å²) in [6.07, 6.45) is 113. The van der Waals surface area contributed by atoms with Gasteiger partial charge in [-0.25, -0.2) is 4.57 Å². The molecule has 572 valence electrons. The van der Waals surface area contributed by atoms with Crippen molar-refractivity contribution in [3.63, 3.8) is 0 Å². The molecule has 0 fully saturated rings. The van der Waals surface area contributed by atoms with Gasteiger partial charge in [0.2, 0.25) is 0 Å². The molecule has 0 bridgehead atoms. The molecular formula is C88H162NO8P. The quantitative estimate of drug-likeness (QED) is 0.0264. The van der Waals surface area contributed by atoms with E-state index in [0.29, 0.717) is 6.42 Å². The Morgan fingerprint density at radius 1 is 0.316 bits per heavy atom. The SMILES string of the molecule is CC/C=C\C/C=C\C/C=C\C/C=C\C/C=C\C/C=C\C/C=C\CCCCCCCCCCCCCCCCCCCC(=O)OC(COC(=O)CCCCCCCCCCCCCCCCCCCCCCCCCCCCCCCCCCCCCCCC)COP(=O)(O)OCCN. The molecular weight excluding hydrogens is 1230 g/mol. The van der Waals surface area contributed by atoms with Gasteiger partial charge in [0.1, 0.15) is 6.61 Å². The van der Waals surface area contributed by atoms with E-state index in [1.807, 2.05) is 0 Å². The lowest BCUT2D eigenvalue weighted by Gasteiger charge is -2.19. The minimum atomic E-state index is -4.40. The Hall–Kier alpha value is -2.81. The van der Waals surface area contributed by atoms with Crippen molar-refractivity contribution < 1.29 is 37.6 Å². The number of nitrogens with two attached hydrogens (primary N) is 1. The van der Waals surface area contributed by atoms with E-state index < -0.39 is 26.5 Å². The predicted octanol–water partition coefficient (Wildman–Crippen LogP) is 28.8. The van der Waals surface area contributed by atoms with E-state index in [9.17, 15) is 19.0 Å². The van der Waals surface area contributed by atoms with Gasteiger partial charge in [0.05, 0.1) is 13.2 Å². The van der Waals surface area contributed by atoms with Gasteiger partial charge in [0.25, 0.3) is 0 Å². The van der Waals surface area contributed by atoms with Crippen LogP contribution in [0.3, 0.4) is 0 Å². The highest BCUT2D eigenvalue weighted by molar-refractivity contribution is 7.47. The molecule has 2 atom stereocenters. The summed E-state index contributed by atoms with van der Waals surface area (Å²) in [5.74, 6) is -0.806. The molecule has 0 aliphatic heterocycles. The number of hydrogen-bond acceptors (Lipinski definition) is 8. The summed E-state index contributed by atoms with van der Waals surface area (Å²) in [5.41, 5.74) is 5.42. The molecule has 0 saturated carbocycles. The van der Waals surface area contributed by atoms with Gasteiger partial charge < -0.3 is 20.1 Å². The van der Waals surface area contributed by atoms with Gasteiger partial charge in [-0.2, -0.15) is 0 Å². The number of carbonyl (C=O) groups excluding carboxylic acids is 2. The minimum Gasteiger partial charge on any atom is -0.462 e. The molecule has 0 aromatic heterocycles. The lowest BCUT2D eigenvalue weighted by atomic mass is 10.0. The number of phosphoric ester groups is 1. The zero-order chi connectivity index (χ0) is 70.8. The third kappa shape index (κ3) is 82.1. The van der Waals surface area contributed by atoms with Crippen LogP contribution in [0.1, 0.15) is 431 Å². The summed E-state index contributed by atoms with van der Waals surface area (Å²) in [6.45, 7) is 3.70. The standard InChI is InChI=1S/C88H162NO8P/c1-3-5-7-9-11-13-15-17-19-21-23-25-27-29-31-33-35-37-39-41-43-45-47-49-51-53-55-57-59-61-63-65-67-69-71-73-75-77-79-81-88(91)97-86(85-96-98(92,93)95-83-82-89)84-94-87(90)80-78-76-74-72-70-68-66-64-62-60-58-56-54-52-50-48-46-44-42-40-38-36-34-32-30-28-26-24-22-20-18-16-14-12-10-8-6-4-2/h5,7,11,13,17,19,23,25,29,31,35,37,41,43,86H,3-4,6,8-10,12,14-16,18,20-22,24,26-28,30,32-34,36,38-40,42,44-85,89H2,1-2H3,(H,92,93)/b7-5-,13-11-,19-17-,25-23-,31-29-,37-35-,43-41-. The Bertz CT molecular complexity index is 1890. The maximum absolute atomic E-state index is 12.8. The van der Waals surface area contributed by atoms with Crippen LogP contribution in [0.2, 0.25) is 0 Å². The van der Waals surface area contributed by atoms with E-state index in [0.717, 1.165) is 83.5 Å². The molecule has 0 amide bonds. The fraction of sp³-hybridized carbons (Fsp3) is 0.818. The zero-order valence-electron chi connectivity index (χ0n) is 64.8. The molecule has 9 nitrogen and oxygen atoms in total. The molecule has 0 saturated heterocycles. The van der Waals surface area contributed by atoms with Crippen molar-refractivity contribution in [2.75, 3.05) is 26.4 Å². The first-order valence-electron chi connectivity index (χ1n) is 42.6. The third-order valence-corrected chi connectivity index (χ3v) is 20.0. The lowest BCUT2D eigenvalue weighted by molar-refractivity contribution is -0.161. The van der Waals surface area contributed by atoms with E-state index in [1.54, 1.807) is 0 Å². The van der Waals surface area contributed by atoms with Crippen LogP contribution < -0.4 is 5.73 Å². The molecule has 98 heavy (non-hydrogen) atoms. The van der Waals surface area contributed by atoms with E-state index in [-0.39, 0.29) is 38.6 Å². The van der Waals surface area contributed by atoms with Crippen molar-refractivity contribution in [1.29, 1.82) is 0 Å². The fourth-order valence-electron chi connectivity index (χ4n) is 12.8. The first-order valence-corrected chi connectivity index (χ1v) is 44.1. The average Bonchev–Trinajstić information content (AvgIpc) is 1.28. The molecule has 0 radical (unpaired) electrons. The highest BCUT2D eigenvalue weighted by Gasteiger charge is 2.26. The molecule has 0 rings (SSSR count). The van der Waals surface area contributed by atoms with Gasteiger partial charge >= 0.3 is 19.8 Å². The number of hydrogen-bond donors (Lipinski definition) is 2. The monoisotopic (exact) mass is 1390 g/mol. The van der Waals surface area contributed by atoms with Crippen LogP contribution in [0.15, 0.2) is 85.1 Å². The van der Waals surface area contributed by atoms with Crippen LogP contribution in [0.25, 0.3) is 0 Å². The lowest BCUT2D eigenvalue weighted by Crippen LogP contribution is -2.29. The van der Waals surface area contributed by atoms with Crippen molar-refractivity contribution >= 4 is 19.8 Å². The molecule has 0 aromatic rings. The van der Waals surface area contributed by atoms with Crippen molar-refractivity contribution in [1.82, 2.24) is 0 Å². The van der Waals surface area contributed by atoms with Gasteiger partial charge in [-0.05, 0) is 70.6 Å². The summed E-state index contributed by atoms with van der Waals surface area (Å²) in [5, 5.41) is 0. The van der Waals surface area contributed by atoms with Crippen LogP contribution in [0.5, 0.6) is 0 Å². The number of rotatable bonds is 81. The normalized spacial score (nSPS) is 13.2. The molecule has 3 N–H and O–H groups in total. The van der Waals surface area contributed by atoms with Gasteiger partial charge in [0.15, 0.2) is 6.10 Å². The second kappa shape index (κ2) is 83.1. The van der Waals surface area contributed by atoms with Gasteiger partial charge in [0, 0.05) is 19.4 Å². The summed E-state index contributed by atoms with van der Waals surface area (Å²) in [6, 6.07) is 0. The smallest absolute Gasteiger partial charge is 0.462 e. The first-order chi connectivity index (χ1) is 48.3. The number of esters is 2. The third-order valence-electron chi connectivity index (χ3n) is 19.0. The van der Waals surface area contributed by atoms with Crippen molar-refractivity contribution in [3.05, 3.63) is 85.1 Å². The number of ether oxygens (including phenoxy) is 2. The Morgan fingerprint density at radius 3 is 0.837 bits per heavy atom. The molecule has 10 heteroatoms. The van der Waals surface area contributed by atoms with Crippen LogP contribution in [-0.2, 0) is 32.7 Å². The van der Waals surface area contributed by atoms with Crippen LogP contribution in [0.4, 0.5) is 0 Å². The Kier molecular flexibility index (Phi) is 80.8. The second-order valence-electron chi connectivity index (χ2n) is 28.7. The van der Waals surface area contributed by atoms with Crippen molar-refractivity contribution in [3.8, 4) is 0 Å². The van der Waals surface area contributed by atoms with Crippen LogP contribution >= 0.6 is 7.82 Å². The molecule has 0 spiro atoms. The minimum absolute atomic E-state index is 0.0540. The van der Waals surface area contributed by atoms with Gasteiger partial charge in [-0.15, -0.1) is 0 Å². The van der Waals surface area contributed by atoms with Gasteiger partial charge in [-0.3, -0.25) is 18.6 Å². The fourth-order valence-corrected chi connectivity index (χ4v) is 13.6. The molecule has 0 aromatic carbocycles. The maximum Gasteiger partial charge on any atom is 0.472 e. The highest BCUT2D eigenvalue weighted by atomic mass is 31.2. The highest BCUT2D eigenvalue weighted by Crippen LogP contribution is 2.43. The zero-order valence-corrected chi connectivity index (χ0v) is 65.7. The van der Waals surface area contributed by atoms with Crippen molar-refractivity contribution in [2.24, 2.45) is 5.73 Å².